The van der Waals surface area contributed by atoms with E-state index >= 15 is 0 Å². The summed E-state index contributed by atoms with van der Waals surface area (Å²) in [5.41, 5.74) is 0.910. The van der Waals surface area contributed by atoms with Crippen molar-refractivity contribution in [2.45, 2.75) is 124 Å². The van der Waals surface area contributed by atoms with E-state index < -0.39 is 17.5 Å². The molecule has 45 heavy (non-hydrogen) atoms. The highest BCUT2D eigenvalue weighted by molar-refractivity contribution is 5.97. The molecule has 10 heteroatoms. The second kappa shape index (κ2) is 15.8. The number of nitrogens with one attached hydrogen (secondary N) is 2. The molecule has 3 heterocycles. The number of nitrogens with zero attached hydrogens (tertiary/aromatic N) is 4. The molecule has 1 aromatic heterocycles. The molecule has 1 aromatic rings. The number of hydrogen-bond donors (Lipinski definition) is 2. The number of carbonyl (C=O) groups is 4. The predicted octanol–water partition coefficient (Wildman–Crippen LogP) is 3.91. The molecule has 2 fully saturated rings. The highest BCUT2D eigenvalue weighted by Crippen LogP contribution is 2.27. The lowest BCUT2D eigenvalue weighted by Crippen LogP contribution is -2.60. The minimum absolute atomic E-state index is 0.00540. The molecule has 4 atom stereocenters. The maximum absolute atomic E-state index is 14.1. The fourth-order valence-electron chi connectivity index (χ4n) is 6.49. The SMILES string of the molecule is C/C(=C\C(C(C)C)N(C)C(=O)[C@@H](NC(=O)[C@H]1CCCCN1C(C)C)C(C)(C)C)C(=O)N1CCC[C@H]1C(=O)NCc1ccncc1. The summed E-state index contributed by atoms with van der Waals surface area (Å²) < 4.78 is 0. The van der Waals surface area contributed by atoms with E-state index in [0.29, 0.717) is 25.1 Å². The van der Waals surface area contributed by atoms with Gasteiger partial charge < -0.3 is 20.4 Å². The Kier molecular flexibility index (Phi) is 12.7. The third-order valence-electron chi connectivity index (χ3n) is 9.18. The number of likely N-dealkylation sites (tertiary alicyclic amines) is 2. The quantitative estimate of drug-likeness (QED) is 0.361. The molecule has 4 amide bonds. The van der Waals surface area contributed by atoms with Gasteiger partial charge in [0, 0.05) is 44.1 Å². The maximum Gasteiger partial charge on any atom is 0.249 e. The topological polar surface area (TPSA) is 115 Å². The van der Waals surface area contributed by atoms with Gasteiger partial charge in [-0.1, -0.05) is 47.1 Å². The summed E-state index contributed by atoms with van der Waals surface area (Å²) in [6, 6.07) is 2.03. The number of amides is 4. The van der Waals surface area contributed by atoms with Crippen molar-refractivity contribution in [3.63, 3.8) is 0 Å². The Balaban J connectivity index is 1.75. The van der Waals surface area contributed by atoms with Crippen LogP contribution in [0.25, 0.3) is 0 Å². The van der Waals surface area contributed by atoms with Crippen molar-refractivity contribution < 1.29 is 19.2 Å². The Labute approximate surface area is 270 Å². The Morgan fingerprint density at radius 1 is 0.978 bits per heavy atom. The average Bonchev–Trinajstić information content (AvgIpc) is 3.50. The van der Waals surface area contributed by atoms with Gasteiger partial charge in [0.25, 0.3) is 0 Å². The van der Waals surface area contributed by atoms with Gasteiger partial charge in [-0.15, -0.1) is 0 Å². The Morgan fingerprint density at radius 2 is 1.62 bits per heavy atom. The lowest BCUT2D eigenvalue weighted by molar-refractivity contribution is -0.142. The minimum Gasteiger partial charge on any atom is -0.350 e. The van der Waals surface area contributed by atoms with E-state index in [1.807, 2.05) is 52.8 Å². The smallest absolute Gasteiger partial charge is 0.249 e. The molecular weight excluding hydrogens is 568 g/mol. The summed E-state index contributed by atoms with van der Waals surface area (Å²) in [6.07, 6.45) is 9.41. The molecule has 0 spiro atoms. The van der Waals surface area contributed by atoms with Crippen LogP contribution >= 0.6 is 0 Å². The molecule has 0 saturated carbocycles. The Bertz CT molecular complexity index is 1210. The van der Waals surface area contributed by atoms with E-state index in [2.05, 4.69) is 34.4 Å². The molecule has 250 valence electrons. The lowest BCUT2D eigenvalue weighted by atomic mass is 9.84. The number of carbonyl (C=O) groups excluding carboxylic acids is 4. The zero-order valence-electron chi connectivity index (χ0n) is 28.9. The summed E-state index contributed by atoms with van der Waals surface area (Å²) in [6.45, 7) is 17.6. The van der Waals surface area contributed by atoms with Crippen LogP contribution in [0.1, 0.15) is 93.1 Å². The van der Waals surface area contributed by atoms with Crippen LogP contribution in [-0.4, -0.2) is 93.7 Å². The molecule has 2 N–H and O–H groups in total. The van der Waals surface area contributed by atoms with Gasteiger partial charge in [-0.05, 0) is 82.0 Å². The van der Waals surface area contributed by atoms with Gasteiger partial charge in [0.15, 0.2) is 0 Å². The van der Waals surface area contributed by atoms with Crippen LogP contribution in [0.5, 0.6) is 0 Å². The molecule has 2 aliphatic rings. The minimum atomic E-state index is -0.733. The molecule has 0 bridgehead atoms. The number of likely N-dealkylation sites (N-methyl/N-ethyl adjacent to an activating group) is 1. The van der Waals surface area contributed by atoms with Crippen LogP contribution in [0.4, 0.5) is 0 Å². The van der Waals surface area contributed by atoms with Gasteiger partial charge in [0.05, 0.1) is 12.1 Å². The first kappa shape index (κ1) is 36.2. The third kappa shape index (κ3) is 9.37. The van der Waals surface area contributed by atoms with Crippen molar-refractivity contribution in [1.82, 2.24) is 30.3 Å². The molecule has 2 saturated heterocycles. The Hall–Kier alpha value is -3.27. The highest BCUT2D eigenvalue weighted by Gasteiger charge is 2.40. The number of pyridine rings is 1. The number of hydrogen-bond acceptors (Lipinski definition) is 6. The zero-order valence-corrected chi connectivity index (χ0v) is 28.9. The molecule has 0 aliphatic carbocycles. The van der Waals surface area contributed by atoms with Gasteiger partial charge >= 0.3 is 0 Å². The predicted molar refractivity (Wildman–Crippen MR) is 177 cm³/mol. The average molecular weight is 625 g/mol. The molecule has 0 aromatic carbocycles. The van der Waals surface area contributed by atoms with Crippen LogP contribution in [0.3, 0.4) is 0 Å². The van der Waals surface area contributed by atoms with Crippen molar-refractivity contribution in [3.05, 3.63) is 41.7 Å². The second-order valence-corrected chi connectivity index (χ2v) is 14.4. The van der Waals surface area contributed by atoms with Crippen molar-refractivity contribution in [1.29, 1.82) is 0 Å². The van der Waals surface area contributed by atoms with E-state index in [1.54, 1.807) is 36.2 Å². The third-order valence-corrected chi connectivity index (χ3v) is 9.18. The highest BCUT2D eigenvalue weighted by atomic mass is 16.2. The molecule has 3 rings (SSSR count). The molecule has 2 aliphatic heterocycles. The van der Waals surface area contributed by atoms with Crippen molar-refractivity contribution >= 4 is 23.6 Å². The summed E-state index contributed by atoms with van der Waals surface area (Å²) in [4.78, 5) is 64.1. The fourth-order valence-corrected chi connectivity index (χ4v) is 6.49. The monoisotopic (exact) mass is 624 g/mol. The first-order chi connectivity index (χ1) is 21.1. The van der Waals surface area contributed by atoms with Crippen molar-refractivity contribution in [3.8, 4) is 0 Å². The van der Waals surface area contributed by atoms with E-state index in [0.717, 1.165) is 37.8 Å². The number of piperidine rings is 1. The van der Waals surface area contributed by atoms with E-state index in [9.17, 15) is 19.2 Å². The van der Waals surface area contributed by atoms with Crippen molar-refractivity contribution in [2.75, 3.05) is 20.1 Å². The summed E-state index contributed by atoms with van der Waals surface area (Å²) in [5, 5.41) is 6.09. The standard InChI is InChI=1S/C35H56N6O4/c1-23(2)29(21-25(5)33(44)41-20-12-14-27(41)31(42)37-22-26-15-17-36-18-16-26)39(9)34(45)30(35(6,7)8)38-32(43)28-13-10-11-19-40(28)24(3)4/h15-18,21,23-24,27-30H,10-14,19-20,22H2,1-9H3,(H,37,42)(H,38,43)/b25-21+/t27-,28+,29?,30+/m0/s1. The first-order valence-corrected chi connectivity index (χ1v) is 16.6. The van der Waals surface area contributed by atoms with Gasteiger partial charge in [-0.25, -0.2) is 0 Å². The summed E-state index contributed by atoms with van der Waals surface area (Å²) >= 11 is 0. The number of rotatable bonds is 11. The van der Waals surface area contributed by atoms with Gasteiger partial charge in [-0.3, -0.25) is 29.1 Å². The van der Waals surface area contributed by atoms with Crippen LogP contribution in [-0.2, 0) is 25.7 Å². The van der Waals surface area contributed by atoms with Crippen LogP contribution in [0, 0.1) is 11.3 Å². The van der Waals surface area contributed by atoms with Crippen LogP contribution in [0.2, 0.25) is 0 Å². The zero-order chi connectivity index (χ0) is 33.5. The van der Waals surface area contributed by atoms with E-state index in [1.165, 1.54) is 0 Å². The summed E-state index contributed by atoms with van der Waals surface area (Å²) in [5.74, 6) is -0.653. The van der Waals surface area contributed by atoms with E-state index in [4.69, 9.17) is 0 Å². The fraction of sp³-hybridized carbons (Fsp3) is 0.686. The number of aromatic nitrogens is 1. The van der Waals surface area contributed by atoms with Crippen LogP contribution in [0.15, 0.2) is 36.2 Å². The summed E-state index contributed by atoms with van der Waals surface area (Å²) in [7, 11) is 1.75. The van der Waals surface area contributed by atoms with Crippen molar-refractivity contribution in [2.24, 2.45) is 11.3 Å². The molecule has 1 unspecified atom stereocenters. The molecule has 10 nitrogen and oxygen atoms in total. The van der Waals surface area contributed by atoms with Gasteiger partial charge in [0.1, 0.15) is 12.1 Å². The Morgan fingerprint density at radius 3 is 2.22 bits per heavy atom. The molecular formula is C35H56N6O4. The maximum atomic E-state index is 14.1. The largest absolute Gasteiger partial charge is 0.350 e. The van der Waals surface area contributed by atoms with E-state index in [-0.39, 0.29) is 47.7 Å². The van der Waals surface area contributed by atoms with Gasteiger partial charge in [-0.2, -0.15) is 0 Å². The van der Waals surface area contributed by atoms with Gasteiger partial charge in [0.2, 0.25) is 23.6 Å². The molecule has 0 radical (unpaired) electrons. The van der Waals surface area contributed by atoms with Crippen LogP contribution < -0.4 is 10.6 Å². The first-order valence-electron chi connectivity index (χ1n) is 16.6. The second-order valence-electron chi connectivity index (χ2n) is 14.4. The normalized spacial score (nSPS) is 21.0. The lowest BCUT2D eigenvalue weighted by Gasteiger charge is -2.41.